The van der Waals surface area contributed by atoms with E-state index in [-0.39, 0.29) is 24.3 Å². The van der Waals surface area contributed by atoms with Crippen molar-refractivity contribution < 1.29 is 14.3 Å². The van der Waals surface area contributed by atoms with E-state index < -0.39 is 0 Å². The summed E-state index contributed by atoms with van der Waals surface area (Å²) in [5.74, 6) is 0.753. The van der Waals surface area contributed by atoms with Gasteiger partial charge in [-0.3, -0.25) is 14.6 Å². The van der Waals surface area contributed by atoms with Gasteiger partial charge in [-0.2, -0.15) is 15.2 Å². The fraction of sp³-hybridized carbons (Fsp3) is 0.548. The molecule has 2 saturated heterocycles. The van der Waals surface area contributed by atoms with E-state index in [1.807, 2.05) is 19.3 Å². The second-order valence-electron chi connectivity index (χ2n) is 11.8. The lowest BCUT2D eigenvalue weighted by molar-refractivity contribution is -0.128. The van der Waals surface area contributed by atoms with Gasteiger partial charge in [0, 0.05) is 63.9 Å². The number of rotatable bonds is 7. The molecule has 0 aromatic carbocycles. The van der Waals surface area contributed by atoms with E-state index in [0.29, 0.717) is 64.1 Å². The maximum Gasteiger partial charge on any atom is 0.318 e. The summed E-state index contributed by atoms with van der Waals surface area (Å²) >= 11 is 0. The normalized spacial score (nSPS) is 22.2. The van der Waals surface area contributed by atoms with Crippen LogP contribution < -0.4 is 19.4 Å². The van der Waals surface area contributed by atoms with Crippen LogP contribution in [0.5, 0.6) is 6.01 Å². The molecule has 226 valence electrons. The van der Waals surface area contributed by atoms with Crippen molar-refractivity contribution >= 4 is 29.0 Å². The van der Waals surface area contributed by atoms with E-state index in [2.05, 4.69) is 39.4 Å². The Kier molecular flexibility index (Phi) is 8.17. The number of amides is 2. The number of pyridine rings is 1. The molecule has 6 rings (SSSR count). The van der Waals surface area contributed by atoms with Gasteiger partial charge in [0.1, 0.15) is 12.4 Å². The molecule has 0 aliphatic carbocycles. The number of piperazine rings is 1. The Hall–Kier alpha value is -4.24. The van der Waals surface area contributed by atoms with Crippen LogP contribution in [0.15, 0.2) is 24.9 Å². The minimum absolute atomic E-state index is 0.0948. The third-order valence-corrected chi connectivity index (χ3v) is 9.27. The van der Waals surface area contributed by atoms with Crippen LogP contribution in [0.4, 0.5) is 17.2 Å². The van der Waals surface area contributed by atoms with Gasteiger partial charge in [-0.25, -0.2) is 0 Å². The van der Waals surface area contributed by atoms with E-state index in [9.17, 15) is 14.9 Å². The molecule has 2 amide bonds. The number of carbonyl (C=O) groups excluding carboxylic acids is 2. The summed E-state index contributed by atoms with van der Waals surface area (Å²) in [6.07, 6.45) is 7.41. The molecule has 0 N–H and O–H groups in total. The van der Waals surface area contributed by atoms with Gasteiger partial charge in [0.05, 0.1) is 47.8 Å². The summed E-state index contributed by atoms with van der Waals surface area (Å²) < 4.78 is 6.27. The van der Waals surface area contributed by atoms with Crippen molar-refractivity contribution in [1.29, 1.82) is 5.26 Å². The molecule has 6 heterocycles. The molecule has 2 aromatic rings. The first-order valence-electron chi connectivity index (χ1n) is 15.1. The fourth-order valence-electron chi connectivity index (χ4n) is 6.82. The van der Waals surface area contributed by atoms with Gasteiger partial charge in [0.15, 0.2) is 0 Å². The van der Waals surface area contributed by atoms with Gasteiger partial charge >= 0.3 is 6.01 Å². The number of nitriles is 1. The number of fused-ring (bicyclic) bond motifs is 2. The van der Waals surface area contributed by atoms with E-state index in [1.165, 1.54) is 6.08 Å². The minimum atomic E-state index is -0.261. The van der Waals surface area contributed by atoms with E-state index in [0.717, 1.165) is 60.1 Å². The van der Waals surface area contributed by atoms with Gasteiger partial charge in [0.2, 0.25) is 11.8 Å². The summed E-state index contributed by atoms with van der Waals surface area (Å²) in [4.78, 5) is 49.8. The van der Waals surface area contributed by atoms with E-state index >= 15 is 0 Å². The van der Waals surface area contributed by atoms with Crippen LogP contribution in [0.1, 0.15) is 42.6 Å². The van der Waals surface area contributed by atoms with Gasteiger partial charge in [-0.15, -0.1) is 0 Å². The number of nitrogens with zero attached hydrogens (tertiary/aromatic N) is 9. The molecule has 0 spiro atoms. The standard InChI is InChI=1S/C31H39N9O3/c1-4-27(41)40-17-16-39(18-21(40)9-12-32)30-23-11-15-38(26-10-13-33-24-7-8-28(42)37(3)29(24)26)19-25(23)34-31(35-30)43-20-22-6-5-14-36(22)2/h4,10,13,21-22H,1,5-9,11,14-20H2,2-3H3/t21-,22-/m0/s1. The smallest absolute Gasteiger partial charge is 0.318 e. The molecule has 0 unspecified atom stereocenters. The zero-order chi connectivity index (χ0) is 30.1. The largest absolute Gasteiger partial charge is 0.462 e. The highest BCUT2D eigenvalue weighted by Gasteiger charge is 2.35. The number of aryl methyl sites for hydroxylation is 1. The lowest BCUT2D eigenvalue weighted by atomic mass is 10.0. The molecule has 2 atom stereocenters. The van der Waals surface area contributed by atoms with E-state index in [1.54, 1.807) is 9.80 Å². The van der Waals surface area contributed by atoms with Crippen molar-refractivity contribution in [3.05, 3.63) is 41.9 Å². The minimum Gasteiger partial charge on any atom is -0.462 e. The summed E-state index contributed by atoms with van der Waals surface area (Å²) in [6.45, 7) is 8.05. The third-order valence-electron chi connectivity index (χ3n) is 9.27. The second kappa shape index (κ2) is 12.2. The highest BCUT2D eigenvalue weighted by atomic mass is 16.5. The summed E-state index contributed by atoms with van der Waals surface area (Å²) in [6, 6.07) is 4.64. The third kappa shape index (κ3) is 5.61. The number of hydrogen-bond donors (Lipinski definition) is 0. The molecule has 2 fully saturated rings. The molecule has 43 heavy (non-hydrogen) atoms. The second-order valence-corrected chi connectivity index (χ2v) is 11.8. The Morgan fingerprint density at radius 1 is 1.12 bits per heavy atom. The Bertz CT molecular complexity index is 1460. The lowest BCUT2D eigenvalue weighted by Crippen LogP contribution is -2.55. The van der Waals surface area contributed by atoms with Gasteiger partial charge in [0.25, 0.3) is 0 Å². The van der Waals surface area contributed by atoms with E-state index in [4.69, 9.17) is 14.7 Å². The van der Waals surface area contributed by atoms with Crippen LogP contribution in [0, 0.1) is 11.3 Å². The Balaban J connectivity index is 1.33. The Morgan fingerprint density at radius 3 is 2.74 bits per heavy atom. The molecule has 4 aliphatic heterocycles. The van der Waals surface area contributed by atoms with Crippen molar-refractivity contribution in [1.82, 2.24) is 24.8 Å². The van der Waals surface area contributed by atoms with Crippen LogP contribution in [0.2, 0.25) is 0 Å². The topological polar surface area (TPSA) is 122 Å². The first kappa shape index (κ1) is 28.9. The molecule has 0 saturated carbocycles. The number of ether oxygens (including phenoxy) is 1. The Labute approximate surface area is 252 Å². The summed E-state index contributed by atoms with van der Waals surface area (Å²) in [5.41, 5.74) is 4.75. The van der Waals surface area contributed by atoms with Gasteiger partial charge in [-0.05, 0) is 45.0 Å². The van der Waals surface area contributed by atoms with Crippen molar-refractivity contribution in [2.24, 2.45) is 0 Å². The molecule has 4 aliphatic rings. The molecular formula is C31H39N9O3. The number of hydrogen-bond acceptors (Lipinski definition) is 10. The van der Waals surface area contributed by atoms with Crippen molar-refractivity contribution in [2.45, 2.75) is 57.2 Å². The maximum absolute atomic E-state index is 12.6. The van der Waals surface area contributed by atoms with Gasteiger partial charge in [-0.1, -0.05) is 6.58 Å². The zero-order valence-corrected chi connectivity index (χ0v) is 25.0. The van der Waals surface area contributed by atoms with Crippen LogP contribution in [-0.2, 0) is 29.0 Å². The van der Waals surface area contributed by atoms with Crippen molar-refractivity contribution in [2.75, 3.05) is 68.1 Å². The number of anilines is 3. The predicted octanol–water partition coefficient (Wildman–Crippen LogP) is 1.93. The maximum atomic E-state index is 12.6. The van der Waals surface area contributed by atoms with Crippen LogP contribution in [0.3, 0.4) is 0 Å². The first-order chi connectivity index (χ1) is 20.9. The van der Waals surface area contributed by atoms with Crippen LogP contribution >= 0.6 is 0 Å². The number of likely N-dealkylation sites (N-methyl/N-ethyl adjacent to an activating group) is 1. The molecule has 2 aromatic heterocycles. The summed E-state index contributed by atoms with van der Waals surface area (Å²) in [7, 11) is 3.94. The summed E-state index contributed by atoms with van der Waals surface area (Å²) in [5, 5.41) is 9.52. The molecule has 0 radical (unpaired) electrons. The molecular weight excluding hydrogens is 546 g/mol. The highest BCUT2D eigenvalue weighted by molar-refractivity contribution is 5.99. The van der Waals surface area contributed by atoms with Crippen LogP contribution in [0.25, 0.3) is 0 Å². The number of aromatic nitrogens is 3. The SMILES string of the molecule is C=CC(=O)N1CCN(c2nc(OC[C@@H]3CCCN3C)nc3c2CCN(c2ccnc4c2N(C)C(=O)CC4)C3)C[C@@H]1CC#N. The molecule has 12 nitrogen and oxygen atoms in total. The van der Waals surface area contributed by atoms with Crippen molar-refractivity contribution in [3.63, 3.8) is 0 Å². The lowest BCUT2D eigenvalue weighted by Gasteiger charge is -2.42. The highest BCUT2D eigenvalue weighted by Crippen LogP contribution is 2.39. The molecule has 12 heteroatoms. The quantitative estimate of drug-likeness (QED) is 0.446. The fourth-order valence-corrected chi connectivity index (χ4v) is 6.82. The number of likely N-dealkylation sites (tertiary alicyclic amines) is 1. The number of carbonyl (C=O) groups is 2. The predicted molar refractivity (Wildman–Crippen MR) is 162 cm³/mol. The zero-order valence-electron chi connectivity index (χ0n) is 25.0. The van der Waals surface area contributed by atoms with Crippen molar-refractivity contribution in [3.8, 4) is 12.1 Å². The van der Waals surface area contributed by atoms with Gasteiger partial charge < -0.3 is 29.2 Å². The average Bonchev–Trinajstić information content (AvgIpc) is 3.44. The average molecular weight is 586 g/mol. The Morgan fingerprint density at radius 2 is 1.98 bits per heavy atom. The monoisotopic (exact) mass is 585 g/mol. The van der Waals surface area contributed by atoms with Crippen LogP contribution in [-0.4, -0.2) is 102 Å². The first-order valence-corrected chi connectivity index (χ1v) is 15.1. The molecule has 0 bridgehead atoms.